The molecule has 1 aliphatic heterocycles. The monoisotopic (exact) mass is 407 g/mol. The Bertz CT molecular complexity index is 754. The third-order valence-corrected chi connectivity index (χ3v) is 5.98. The Labute approximate surface area is 173 Å². The molecule has 6 nitrogen and oxygen atoms in total. The molecule has 0 aromatic carbocycles. The van der Waals surface area contributed by atoms with E-state index in [0.29, 0.717) is 11.1 Å². The Kier molecular flexibility index (Phi) is 7.55. The Hall–Kier alpha value is -1.37. The van der Waals surface area contributed by atoms with E-state index in [1.165, 1.54) is 25.7 Å². The van der Waals surface area contributed by atoms with E-state index in [-0.39, 0.29) is 0 Å². The highest BCUT2D eigenvalue weighted by atomic mass is 35.5. The van der Waals surface area contributed by atoms with Crippen LogP contribution in [0.5, 0.6) is 0 Å². The van der Waals surface area contributed by atoms with Gasteiger partial charge in [-0.15, -0.1) is 0 Å². The van der Waals surface area contributed by atoms with E-state index in [4.69, 9.17) is 16.1 Å². The molecular weight excluding hydrogens is 374 g/mol. The number of hydrogen-bond acceptors (Lipinski definition) is 5. The summed E-state index contributed by atoms with van der Waals surface area (Å²) in [4.78, 5) is 2.53. The maximum atomic E-state index is 6.60. The minimum Gasteiger partial charge on any atom is -0.361 e. The van der Waals surface area contributed by atoms with Gasteiger partial charge in [0.1, 0.15) is 22.3 Å². The fourth-order valence-electron chi connectivity index (χ4n) is 3.92. The van der Waals surface area contributed by atoms with Gasteiger partial charge in [-0.1, -0.05) is 37.0 Å². The second-order valence-corrected chi connectivity index (χ2v) is 8.91. The molecule has 0 amide bonds. The van der Waals surface area contributed by atoms with Crippen molar-refractivity contribution in [3.8, 4) is 11.4 Å². The highest BCUT2D eigenvalue weighted by Gasteiger charge is 2.24. The third-order valence-electron chi connectivity index (χ3n) is 5.51. The topological polar surface area (TPSA) is 59.1 Å². The SMILES string of the molecule is Cc1cc(-c2nn(C)c(Cl)c2CN2CCCCC(CNCCC(C)C)C2)no1. The van der Waals surface area contributed by atoms with Gasteiger partial charge in [0.05, 0.1) is 0 Å². The van der Waals surface area contributed by atoms with Gasteiger partial charge in [-0.25, -0.2) is 0 Å². The summed E-state index contributed by atoms with van der Waals surface area (Å²) in [6, 6.07) is 1.92. The molecule has 2 aromatic heterocycles. The van der Waals surface area contributed by atoms with E-state index in [1.54, 1.807) is 4.68 Å². The normalized spacial score (nSPS) is 18.7. The van der Waals surface area contributed by atoms with Crippen molar-refractivity contribution in [2.45, 2.75) is 53.0 Å². The third kappa shape index (κ3) is 5.58. The lowest BCUT2D eigenvalue weighted by Gasteiger charge is -2.24. The minimum atomic E-state index is 0.683. The maximum absolute atomic E-state index is 6.60. The van der Waals surface area contributed by atoms with Crippen LogP contribution in [0.15, 0.2) is 10.6 Å². The molecule has 3 rings (SSSR count). The Balaban J connectivity index is 1.67. The average molecular weight is 408 g/mol. The molecule has 1 unspecified atom stereocenters. The van der Waals surface area contributed by atoms with Crippen LogP contribution in [-0.2, 0) is 13.6 Å². The predicted molar refractivity (Wildman–Crippen MR) is 113 cm³/mol. The Morgan fingerprint density at radius 2 is 2.18 bits per heavy atom. The summed E-state index contributed by atoms with van der Waals surface area (Å²) in [7, 11) is 1.88. The minimum absolute atomic E-state index is 0.683. The molecule has 156 valence electrons. The van der Waals surface area contributed by atoms with Gasteiger partial charge in [-0.05, 0) is 57.7 Å². The number of likely N-dealkylation sites (tertiary alicyclic amines) is 1. The Morgan fingerprint density at radius 3 is 2.89 bits per heavy atom. The second-order valence-electron chi connectivity index (χ2n) is 8.55. The van der Waals surface area contributed by atoms with Crippen molar-refractivity contribution in [1.29, 1.82) is 0 Å². The van der Waals surface area contributed by atoms with Gasteiger partial charge in [0.15, 0.2) is 0 Å². The van der Waals surface area contributed by atoms with E-state index in [9.17, 15) is 0 Å². The van der Waals surface area contributed by atoms with Gasteiger partial charge in [0, 0.05) is 31.8 Å². The van der Waals surface area contributed by atoms with Crippen LogP contribution < -0.4 is 5.32 Å². The zero-order valence-electron chi connectivity index (χ0n) is 17.7. The summed E-state index contributed by atoms with van der Waals surface area (Å²) in [6.07, 6.45) is 5.06. The summed E-state index contributed by atoms with van der Waals surface area (Å²) in [5.74, 6) is 2.22. The summed E-state index contributed by atoms with van der Waals surface area (Å²) in [5.41, 5.74) is 2.64. The quantitative estimate of drug-likeness (QED) is 0.662. The number of rotatable bonds is 8. The number of nitrogens with zero attached hydrogens (tertiary/aromatic N) is 4. The van der Waals surface area contributed by atoms with Crippen molar-refractivity contribution in [3.63, 3.8) is 0 Å². The molecule has 0 aliphatic carbocycles. The van der Waals surface area contributed by atoms with Gasteiger partial charge in [-0.3, -0.25) is 9.58 Å². The van der Waals surface area contributed by atoms with Crippen LogP contribution in [0.2, 0.25) is 5.15 Å². The number of halogens is 1. The number of aromatic nitrogens is 3. The van der Waals surface area contributed by atoms with Crippen LogP contribution in [-0.4, -0.2) is 46.0 Å². The van der Waals surface area contributed by atoms with Crippen LogP contribution >= 0.6 is 11.6 Å². The second kappa shape index (κ2) is 9.90. The van der Waals surface area contributed by atoms with Gasteiger partial charge in [-0.2, -0.15) is 5.10 Å². The molecule has 0 radical (unpaired) electrons. The smallest absolute Gasteiger partial charge is 0.134 e. The number of aryl methyl sites for hydroxylation is 2. The molecule has 28 heavy (non-hydrogen) atoms. The highest BCUT2D eigenvalue weighted by molar-refractivity contribution is 6.30. The molecule has 0 saturated carbocycles. The number of hydrogen-bond donors (Lipinski definition) is 1. The average Bonchev–Trinajstić information content (AvgIpc) is 3.10. The van der Waals surface area contributed by atoms with Gasteiger partial charge < -0.3 is 9.84 Å². The van der Waals surface area contributed by atoms with E-state index < -0.39 is 0 Å². The first-order valence-electron chi connectivity index (χ1n) is 10.5. The molecule has 7 heteroatoms. The first-order chi connectivity index (χ1) is 13.4. The molecule has 1 N–H and O–H groups in total. The predicted octanol–water partition coefficient (Wildman–Crippen LogP) is 4.27. The summed E-state index contributed by atoms with van der Waals surface area (Å²) in [6.45, 7) is 11.7. The summed E-state index contributed by atoms with van der Waals surface area (Å²) >= 11 is 6.60. The largest absolute Gasteiger partial charge is 0.361 e. The van der Waals surface area contributed by atoms with Crippen LogP contribution in [0.4, 0.5) is 0 Å². The molecule has 0 bridgehead atoms. The first-order valence-corrected chi connectivity index (χ1v) is 10.9. The van der Waals surface area contributed by atoms with Gasteiger partial charge >= 0.3 is 0 Å². The van der Waals surface area contributed by atoms with Crippen molar-refractivity contribution in [2.24, 2.45) is 18.9 Å². The van der Waals surface area contributed by atoms with Crippen molar-refractivity contribution in [1.82, 2.24) is 25.2 Å². The van der Waals surface area contributed by atoms with E-state index in [0.717, 1.165) is 61.4 Å². The van der Waals surface area contributed by atoms with Crippen LogP contribution in [0.3, 0.4) is 0 Å². The molecule has 3 heterocycles. The number of nitrogens with one attached hydrogen (secondary N) is 1. The van der Waals surface area contributed by atoms with Gasteiger partial charge in [0.2, 0.25) is 0 Å². The maximum Gasteiger partial charge on any atom is 0.134 e. The summed E-state index contributed by atoms with van der Waals surface area (Å²) < 4.78 is 6.99. The van der Waals surface area contributed by atoms with Crippen LogP contribution in [0.25, 0.3) is 11.4 Å². The summed E-state index contributed by atoms with van der Waals surface area (Å²) in [5, 5.41) is 13.1. The van der Waals surface area contributed by atoms with Crippen LogP contribution in [0, 0.1) is 18.8 Å². The van der Waals surface area contributed by atoms with E-state index >= 15 is 0 Å². The van der Waals surface area contributed by atoms with E-state index in [1.807, 2.05) is 20.0 Å². The fourth-order valence-corrected chi connectivity index (χ4v) is 4.11. The molecule has 0 spiro atoms. The molecular formula is C21H34ClN5O. The lowest BCUT2D eigenvalue weighted by atomic mass is 10.0. The lowest BCUT2D eigenvalue weighted by molar-refractivity contribution is 0.237. The molecule has 1 saturated heterocycles. The standard InChI is InChI=1S/C21H34ClN5O/c1-15(2)8-9-23-12-17-7-5-6-10-27(13-17)14-18-20(24-26(4)21(18)22)19-11-16(3)28-25-19/h11,15,17,23H,5-10,12-14H2,1-4H3. The van der Waals surface area contributed by atoms with Crippen molar-refractivity contribution in [3.05, 3.63) is 22.5 Å². The molecule has 1 fully saturated rings. The molecule has 1 atom stereocenters. The van der Waals surface area contributed by atoms with Crippen molar-refractivity contribution < 1.29 is 4.52 Å². The zero-order chi connectivity index (χ0) is 20.1. The van der Waals surface area contributed by atoms with E-state index in [2.05, 4.69) is 34.3 Å². The molecule has 2 aromatic rings. The fraction of sp³-hybridized carbons (Fsp3) is 0.714. The zero-order valence-corrected chi connectivity index (χ0v) is 18.4. The van der Waals surface area contributed by atoms with Crippen LogP contribution in [0.1, 0.15) is 50.9 Å². The van der Waals surface area contributed by atoms with Gasteiger partial charge in [0.25, 0.3) is 0 Å². The Morgan fingerprint density at radius 1 is 1.36 bits per heavy atom. The lowest BCUT2D eigenvalue weighted by Crippen LogP contribution is -2.33. The first kappa shape index (κ1) is 21.3. The van der Waals surface area contributed by atoms with Crippen molar-refractivity contribution in [2.75, 3.05) is 26.2 Å². The van der Waals surface area contributed by atoms with Crippen molar-refractivity contribution >= 4 is 11.6 Å². The highest BCUT2D eigenvalue weighted by Crippen LogP contribution is 2.30. The molecule has 1 aliphatic rings.